The first-order valence-electron chi connectivity index (χ1n) is 6.32. The zero-order valence-electron chi connectivity index (χ0n) is 11.1. The predicted octanol–water partition coefficient (Wildman–Crippen LogP) is 1.96. The van der Waals surface area contributed by atoms with E-state index in [4.69, 9.17) is 27.3 Å². The number of anilines is 1. The van der Waals surface area contributed by atoms with Gasteiger partial charge in [-0.15, -0.1) is 0 Å². The number of carbonyl (C=O) groups is 1. The molecule has 0 atom stereocenters. The molecule has 1 aliphatic rings. The van der Waals surface area contributed by atoms with E-state index in [1.54, 1.807) is 0 Å². The van der Waals surface area contributed by atoms with Gasteiger partial charge in [0.2, 0.25) is 5.91 Å². The standard InChI is InChI=1S/C13H15ClFN3O3/c14-8-2-1-3-9(10(8)15)17-12(19)13(11(16)18-20)4-6-21-7-5-13/h1-3,20H,4-7H2,(H2,16,18)(H,17,19). The van der Waals surface area contributed by atoms with Gasteiger partial charge in [-0.2, -0.15) is 0 Å². The second-order valence-corrected chi connectivity index (χ2v) is 5.14. The number of nitrogens with zero attached hydrogens (tertiary/aromatic N) is 1. The van der Waals surface area contributed by atoms with Gasteiger partial charge in [-0.05, 0) is 25.0 Å². The number of hydrogen-bond acceptors (Lipinski definition) is 4. The smallest absolute Gasteiger partial charge is 0.238 e. The number of oxime groups is 1. The van der Waals surface area contributed by atoms with Crippen LogP contribution in [0.5, 0.6) is 0 Å². The van der Waals surface area contributed by atoms with Crippen molar-refractivity contribution in [1.82, 2.24) is 0 Å². The Morgan fingerprint density at radius 1 is 1.48 bits per heavy atom. The lowest BCUT2D eigenvalue weighted by Crippen LogP contribution is -2.50. The highest BCUT2D eigenvalue weighted by atomic mass is 35.5. The Morgan fingerprint density at radius 3 is 2.76 bits per heavy atom. The molecule has 6 nitrogen and oxygen atoms in total. The van der Waals surface area contributed by atoms with E-state index in [2.05, 4.69) is 10.5 Å². The number of benzene rings is 1. The van der Waals surface area contributed by atoms with E-state index in [1.807, 2.05) is 0 Å². The Bertz CT molecular complexity index is 574. The van der Waals surface area contributed by atoms with Gasteiger partial charge in [0.05, 0.1) is 10.7 Å². The Balaban J connectivity index is 2.29. The molecule has 0 spiro atoms. The quantitative estimate of drug-likeness (QED) is 0.344. The predicted molar refractivity (Wildman–Crippen MR) is 75.9 cm³/mol. The molecule has 2 rings (SSSR count). The van der Waals surface area contributed by atoms with Gasteiger partial charge >= 0.3 is 0 Å². The zero-order chi connectivity index (χ0) is 15.5. The molecule has 1 amide bonds. The molecule has 1 heterocycles. The summed E-state index contributed by atoms with van der Waals surface area (Å²) in [6.07, 6.45) is 0.494. The molecule has 1 aliphatic heterocycles. The van der Waals surface area contributed by atoms with Crippen molar-refractivity contribution < 1.29 is 19.1 Å². The second-order valence-electron chi connectivity index (χ2n) is 4.74. The van der Waals surface area contributed by atoms with E-state index >= 15 is 0 Å². The maximum Gasteiger partial charge on any atom is 0.238 e. The first-order valence-corrected chi connectivity index (χ1v) is 6.70. The molecule has 1 aromatic carbocycles. The van der Waals surface area contributed by atoms with Crippen molar-refractivity contribution in [3.8, 4) is 0 Å². The minimum atomic E-state index is -1.22. The number of halogens is 2. The fourth-order valence-corrected chi connectivity index (χ4v) is 2.43. The molecule has 0 unspecified atom stereocenters. The van der Waals surface area contributed by atoms with Gasteiger partial charge in [0.25, 0.3) is 0 Å². The average Bonchev–Trinajstić information content (AvgIpc) is 2.51. The highest BCUT2D eigenvalue weighted by Gasteiger charge is 2.44. The molecule has 0 aromatic heterocycles. The van der Waals surface area contributed by atoms with Crippen LogP contribution in [-0.2, 0) is 9.53 Å². The van der Waals surface area contributed by atoms with Crippen LogP contribution in [0, 0.1) is 11.2 Å². The minimum Gasteiger partial charge on any atom is -0.409 e. The molecule has 1 aromatic rings. The summed E-state index contributed by atoms with van der Waals surface area (Å²) in [6.45, 7) is 0.587. The van der Waals surface area contributed by atoms with E-state index in [-0.39, 0.29) is 29.4 Å². The molecule has 4 N–H and O–H groups in total. The van der Waals surface area contributed by atoms with Gasteiger partial charge in [0.15, 0.2) is 11.7 Å². The van der Waals surface area contributed by atoms with E-state index in [9.17, 15) is 9.18 Å². The fraction of sp³-hybridized carbons (Fsp3) is 0.385. The van der Waals surface area contributed by atoms with Crippen molar-refractivity contribution in [2.75, 3.05) is 18.5 Å². The van der Waals surface area contributed by atoms with Gasteiger partial charge < -0.3 is 21.0 Å². The summed E-state index contributed by atoms with van der Waals surface area (Å²) in [4.78, 5) is 12.5. The van der Waals surface area contributed by atoms with Crippen molar-refractivity contribution in [3.05, 3.63) is 29.0 Å². The number of nitrogens with two attached hydrogens (primary N) is 1. The van der Waals surface area contributed by atoms with E-state index in [0.29, 0.717) is 13.2 Å². The van der Waals surface area contributed by atoms with Crippen LogP contribution in [0.3, 0.4) is 0 Å². The summed E-state index contributed by atoms with van der Waals surface area (Å²) in [5.74, 6) is -1.50. The maximum absolute atomic E-state index is 13.9. The molecule has 0 aliphatic carbocycles. The van der Waals surface area contributed by atoms with Crippen molar-refractivity contribution >= 4 is 29.0 Å². The minimum absolute atomic E-state index is 0.0518. The monoisotopic (exact) mass is 315 g/mol. The summed E-state index contributed by atoms with van der Waals surface area (Å²) in [7, 11) is 0. The molecule has 0 radical (unpaired) electrons. The van der Waals surface area contributed by atoms with Crippen LogP contribution in [-0.4, -0.2) is 30.2 Å². The largest absolute Gasteiger partial charge is 0.409 e. The van der Waals surface area contributed by atoms with Crippen molar-refractivity contribution in [2.24, 2.45) is 16.3 Å². The number of rotatable bonds is 3. The number of amides is 1. The van der Waals surface area contributed by atoms with Crippen LogP contribution in [0.4, 0.5) is 10.1 Å². The second kappa shape index (κ2) is 6.28. The number of nitrogens with one attached hydrogen (secondary N) is 1. The van der Waals surface area contributed by atoms with Crippen molar-refractivity contribution in [1.29, 1.82) is 0 Å². The van der Waals surface area contributed by atoms with Gasteiger partial charge in [-0.25, -0.2) is 4.39 Å². The average molecular weight is 316 g/mol. The first kappa shape index (κ1) is 15.5. The Morgan fingerprint density at radius 2 is 2.14 bits per heavy atom. The zero-order valence-corrected chi connectivity index (χ0v) is 11.9. The van der Waals surface area contributed by atoms with E-state index < -0.39 is 17.1 Å². The molecule has 0 saturated carbocycles. The Hall–Kier alpha value is -1.86. The molecule has 8 heteroatoms. The summed E-state index contributed by atoms with van der Waals surface area (Å²) in [5.41, 5.74) is 4.40. The Kier molecular flexibility index (Phi) is 4.64. The van der Waals surface area contributed by atoms with Gasteiger partial charge in [-0.1, -0.05) is 22.8 Å². The summed E-state index contributed by atoms with van der Waals surface area (Å²) in [6, 6.07) is 4.28. The third kappa shape index (κ3) is 2.93. The SMILES string of the molecule is NC(=NO)C1(C(=O)Nc2cccc(Cl)c2F)CCOCC1. The number of amidine groups is 1. The van der Waals surface area contributed by atoms with Crippen LogP contribution in [0.25, 0.3) is 0 Å². The molecule has 21 heavy (non-hydrogen) atoms. The van der Waals surface area contributed by atoms with Crippen LogP contribution in [0.15, 0.2) is 23.4 Å². The van der Waals surface area contributed by atoms with Crippen molar-refractivity contribution in [3.63, 3.8) is 0 Å². The third-order valence-corrected chi connectivity index (χ3v) is 3.87. The lowest BCUT2D eigenvalue weighted by molar-refractivity contribution is -0.126. The maximum atomic E-state index is 13.9. The lowest BCUT2D eigenvalue weighted by atomic mass is 9.78. The van der Waals surface area contributed by atoms with Crippen LogP contribution >= 0.6 is 11.6 Å². The molecular formula is C13H15ClFN3O3. The Labute approximate surface area is 125 Å². The summed E-state index contributed by atoms with van der Waals surface area (Å²) < 4.78 is 19.0. The van der Waals surface area contributed by atoms with E-state index in [1.165, 1.54) is 18.2 Å². The molecule has 114 valence electrons. The molecule has 1 saturated heterocycles. The molecular weight excluding hydrogens is 301 g/mol. The topological polar surface area (TPSA) is 96.9 Å². The van der Waals surface area contributed by atoms with Crippen molar-refractivity contribution in [2.45, 2.75) is 12.8 Å². The molecule has 0 bridgehead atoms. The summed E-state index contributed by atoms with van der Waals surface area (Å²) >= 11 is 5.67. The normalized spacial score (nSPS) is 18.3. The van der Waals surface area contributed by atoms with Crippen LogP contribution < -0.4 is 11.1 Å². The van der Waals surface area contributed by atoms with E-state index in [0.717, 1.165) is 0 Å². The number of ether oxygens (including phenoxy) is 1. The summed E-state index contributed by atoms with van der Waals surface area (Å²) in [5, 5.41) is 14.2. The van der Waals surface area contributed by atoms with Gasteiger partial charge in [-0.3, -0.25) is 4.79 Å². The lowest BCUT2D eigenvalue weighted by Gasteiger charge is -2.34. The fourth-order valence-electron chi connectivity index (χ4n) is 2.26. The third-order valence-electron chi connectivity index (χ3n) is 3.58. The number of hydrogen-bond donors (Lipinski definition) is 3. The van der Waals surface area contributed by atoms with Crippen LogP contribution in [0.2, 0.25) is 5.02 Å². The van der Waals surface area contributed by atoms with Gasteiger partial charge in [0, 0.05) is 13.2 Å². The molecule has 1 fully saturated rings. The highest BCUT2D eigenvalue weighted by Crippen LogP contribution is 2.33. The van der Waals surface area contributed by atoms with Crippen LogP contribution in [0.1, 0.15) is 12.8 Å². The highest BCUT2D eigenvalue weighted by molar-refractivity contribution is 6.31. The van der Waals surface area contributed by atoms with Gasteiger partial charge in [0.1, 0.15) is 5.41 Å². The number of carbonyl (C=O) groups excluding carboxylic acids is 1. The first-order chi connectivity index (χ1) is 10.0.